The average Bonchev–Trinajstić information content (AvgIpc) is 2.03. The lowest BCUT2D eigenvalue weighted by Crippen LogP contribution is -2.32. The van der Waals surface area contributed by atoms with E-state index >= 15 is 0 Å². The van der Waals surface area contributed by atoms with E-state index in [4.69, 9.17) is 0 Å². The Kier molecular flexibility index (Phi) is 2.25. The van der Waals surface area contributed by atoms with Crippen molar-refractivity contribution < 1.29 is 17.5 Å². The third-order valence-electron chi connectivity index (χ3n) is 1.30. The second-order valence-electron chi connectivity index (χ2n) is 2.08. The summed E-state index contributed by atoms with van der Waals surface area (Å²) in [6.45, 7) is 3.36. The molecule has 0 amide bonds. The molecule has 1 rings (SSSR count). The van der Waals surface area contributed by atoms with Gasteiger partial charge in [-0.15, -0.1) is 0 Å². The van der Waals surface area contributed by atoms with Crippen LogP contribution >= 0.6 is 0 Å². The highest BCUT2D eigenvalue weighted by Gasteiger charge is 2.12. The summed E-state index contributed by atoms with van der Waals surface area (Å²) in [4.78, 5) is 0. The third-order valence-corrected chi connectivity index (χ3v) is 2.16. The second-order valence-corrected chi connectivity index (χ2v) is 3.41. The van der Waals surface area contributed by atoms with Crippen LogP contribution in [0.15, 0.2) is 36.0 Å². The Morgan fingerprint density at radius 1 is 1.50 bits per heavy atom. The van der Waals surface area contributed by atoms with Crippen molar-refractivity contribution >= 4 is 16.3 Å². The molecule has 0 fully saturated rings. The van der Waals surface area contributed by atoms with Crippen molar-refractivity contribution in [3.05, 3.63) is 31.0 Å². The van der Waals surface area contributed by atoms with E-state index in [1.165, 1.54) is 24.5 Å². The van der Waals surface area contributed by atoms with E-state index in [1.807, 2.05) is 0 Å². The molecule has 4 nitrogen and oxygen atoms in total. The number of nitrogens with zero attached hydrogens (tertiary/aromatic N) is 1. The van der Waals surface area contributed by atoms with Gasteiger partial charge in [0.1, 0.15) is 0 Å². The van der Waals surface area contributed by atoms with E-state index in [0.29, 0.717) is 0 Å². The zero-order valence-corrected chi connectivity index (χ0v) is 6.99. The minimum absolute atomic E-state index is 0.306. The largest absolute Gasteiger partial charge is 0.740 e. The van der Waals surface area contributed by atoms with E-state index in [1.54, 1.807) is 6.07 Å². The van der Waals surface area contributed by atoms with Crippen LogP contribution in [0.25, 0.3) is 6.20 Å². The lowest BCUT2D eigenvalue weighted by atomic mass is 10.5. The summed E-state index contributed by atoms with van der Waals surface area (Å²) in [5.74, 6) is 0. The molecule has 0 N–H and O–H groups in total. The highest BCUT2D eigenvalue weighted by atomic mass is 32.2. The first-order chi connectivity index (χ1) is 5.55. The molecule has 0 aliphatic carbocycles. The van der Waals surface area contributed by atoms with Gasteiger partial charge in [0.05, 0.1) is 0 Å². The second kappa shape index (κ2) is 3.04. The third kappa shape index (κ3) is 1.69. The molecule has 64 valence electrons. The van der Waals surface area contributed by atoms with Crippen molar-refractivity contribution in [1.82, 2.24) is 0 Å². The van der Waals surface area contributed by atoms with Gasteiger partial charge in [0.25, 0.3) is 5.03 Å². The van der Waals surface area contributed by atoms with Crippen molar-refractivity contribution in [2.75, 3.05) is 0 Å². The summed E-state index contributed by atoms with van der Waals surface area (Å²) in [7, 11) is -4.40. The lowest BCUT2D eigenvalue weighted by Gasteiger charge is -2.02. The summed E-state index contributed by atoms with van der Waals surface area (Å²) < 4.78 is 32.9. The molecule has 0 aliphatic rings. The van der Waals surface area contributed by atoms with Crippen LogP contribution in [0.1, 0.15) is 0 Å². The zero-order valence-electron chi connectivity index (χ0n) is 6.17. The van der Waals surface area contributed by atoms with E-state index < -0.39 is 10.1 Å². The van der Waals surface area contributed by atoms with Crippen LogP contribution in [0.5, 0.6) is 0 Å². The van der Waals surface area contributed by atoms with E-state index in [-0.39, 0.29) is 5.03 Å². The van der Waals surface area contributed by atoms with Crippen LogP contribution in [-0.4, -0.2) is 13.0 Å². The molecule has 0 spiro atoms. The Morgan fingerprint density at radius 3 is 2.58 bits per heavy atom. The number of pyridine rings is 1. The fraction of sp³-hybridized carbons (Fsp3) is 0. The molecular formula is C7H7NO3S. The normalized spacial score (nSPS) is 11.1. The zero-order chi connectivity index (χ0) is 9.19. The topological polar surface area (TPSA) is 61.1 Å². The van der Waals surface area contributed by atoms with Gasteiger partial charge in [0.15, 0.2) is 22.5 Å². The quantitative estimate of drug-likeness (QED) is 0.480. The first-order valence-electron chi connectivity index (χ1n) is 3.14. The number of hydrogen-bond acceptors (Lipinski definition) is 3. The highest BCUT2D eigenvalue weighted by Crippen LogP contribution is 1.99. The molecule has 5 heteroatoms. The smallest absolute Gasteiger partial charge is 0.290 e. The predicted molar refractivity (Wildman–Crippen MR) is 41.0 cm³/mol. The molecule has 0 atom stereocenters. The van der Waals surface area contributed by atoms with Crippen LogP contribution < -0.4 is 4.57 Å². The molecule has 0 saturated carbocycles. The monoisotopic (exact) mass is 185 g/mol. The van der Waals surface area contributed by atoms with Gasteiger partial charge in [0, 0.05) is 12.1 Å². The van der Waals surface area contributed by atoms with Gasteiger partial charge in [-0.1, -0.05) is 0 Å². The molecule has 0 aromatic carbocycles. The Bertz CT molecular complexity index is 397. The van der Waals surface area contributed by atoms with Crippen molar-refractivity contribution in [1.29, 1.82) is 0 Å². The predicted octanol–water partition coefficient (Wildman–Crippen LogP) is -0.0213. The minimum atomic E-state index is -4.40. The number of aromatic nitrogens is 1. The maximum atomic E-state index is 10.6. The molecule has 1 aromatic heterocycles. The van der Waals surface area contributed by atoms with Crippen LogP contribution in [0.3, 0.4) is 0 Å². The Labute approximate surface area is 70.5 Å². The van der Waals surface area contributed by atoms with Crippen LogP contribution in [-0.2, 0) is 10.1 Å². The molecule has 0 aliphatic heterocycles. The highest BCUT2D eigenvalue weighted by molar-refractivity contribution is 7.85. The molecule has 1 aromatic rings. The van der Waals surface area contributed by atoms with E-state index in [0.717, 1.165) is 4.57 Å². The summed E-state index contributed by atoms with van der Waals surface area (Å²) in [6, 6.07) is 4.31. The van der Waals surface area contributed by atoms with Gasteiger partial charge in [-0.2, -0.15) is 4.57 Å². The number of hydrogen-bond donors (Lipinski definition) is 0. The van der Waals surface area contributed by atoms with Gasteiger partial charge in [-0.05, 0) is 12.6 Å². The first kappa shape index (κ1) is 8.89. The fourth-order valence-corrected chi connectivity index (χ4v) is 1.44. The van der Waals surface area contributed by atoms with E-state index in [9.17, 15) is 13.0 Å². The lowest BCUT2D eigenvalue weighted by molar-refractivity contribution is -0.611. The molecule has 0 bridgehead atoms. The molecular weight excluding hydrogens is 178 g/mol. The summed E-state index contributed by atoms with van der Waals surface area (Å²) in [5, 5.41) is -0.306. The maximum absolute atomic E-state index is 10.6. The molecule has 1 heterocycles. The molecule has 0 unspecified atom stereocenters. The van der Waals surface area contributed by atoms with Crippen molar-refractivity contribution in [2.45, 2.75) is 5.03 Å². The standard InChI is InChI=1S/C7H7NO3S/c1-2-8-6-4-3-5-7(8)12(9,10)11/h2-6H,1H2. The van der Waals surface area contributed by atoms with Gasteiger partial charge in [-0.3, -0.25) is 0 Å². The SMILES string of the molecule is C=C[n+]1ccccc1S(=O)(=O)[O-]. The molecule has 0 radical (unpaired) electrons. The van der Waals surface area contributed by atoms with Gasteiger partial charge in [-0.25, -0.2) is 8.42 Å². The van der Waals surface area contributed by atoms with Crippen molar-refractivity contribution in [3.63, 3.8) is 0 Å². The summed E-state index contributed by atoms with van der Waals surface area (Å²) >= 11 is 0. The van der Waals surface area contributed by atoms with Gasteiger partial charge >= 0.3 is 0 Å². The van der Waals surface area contributed by atoms with Crippen molar-refractivity contribution in [2.24, 2.45) is 0 Å². The number of rotatable bonds is 2. The first-order valence-corrected chi connectivity index (χ1v) is 4.55. The van der Waals surface area contributed by atoms with Crippen LogP contribution in [0, 0.1) is 0 Å². The van der Waals surface area contributed by atoms with Gasteiger partial charge in [0.2, 0.25) is 0 Å². The molecule has 0 saturated heterocycles. The minimum Gasteiger partial charge on any atom is -0.740 e. The van der Waals surface area contributed by atoms with E-state index in [2.05, 4.69) is 6.58 Å². The average molecular weight is 185 g/mol. The van der Waals surface area contributed by atoms with Crippen LogP contribution in [0.2, 0.25) is 0 Å². The Hall–Kier alpha value is -1.20. The fourth-order valence-electron chi connectivity index (χ4n) is 0.803. The maximum Gasteiger partial charge on any atom is 0.290 e. The van der Waals surface area contributed by atoms with Crippen molar-refractivity contribution in [3.8, 4) is 0 Å². The molecule has 12 heavy (non-hydrogen) atoms. The summed E-state index contributed by atoms with van der Waals surface area (Å²) in [6.07, 6.45) is 2.70. The van der Waals surface area contributed by atoms with Crippen LogP contribution in [0.4, 0.5) is 0 Å². The Balaban J connectivity index is 3.43. The summed E-state index contributed by atoms with van der Waals surface area (Å²) in [5.41, 5.74) is 0. The van der Waals surface area contributed by atoms with Gasteiger partial charge < -0.3 is 4.55 Å². The Morgan fingerprint density at radius 2 is 2.17 bits per heavy atom.